The number of nitrogens with zero attached hydrogens (tertiary/aromatic N) is 2. The Balaban J connectivity index is 2.10. The SMILES string of the molecule is CN(C)C(=O)Oc1ccc(C[C@@H](C(=O)OC(C)(C)C)N(C(=O)C2CSCCN2)S(=O)(=O)c2ccc(F)c(F)c2)cc1. The summed E-state index contributed by atoms with van der Waals surface area (Å²) in [5.74, 6) is -3.52. The molecule has 41 heavy (non-hydrogen) atoms. The van der Waals surface area contributed by atoms with Gasteiger partial charge in [-0.3, -0.25) is 4.79 Å². The normalized spacial score (nSPS) is 16.4. The average molecular weight is 614 g/mol. The van der Waals surface area contributed by atoms with Crippen LogP contribution in [-0.2, 0) is 30.8 Å². The highest BCUT2D eigenvalue weighted by Gasteiger charge is 2.44. The Bertz CT molecular complexity index is 1370. The number of esters is 1. The van der Waals surface area contributed by atoms with E-state index in [1.807, 2.05) is 0 Å². The molecule has 1 aliphatic heterocycles. The van der Waals surface area contributed by atoms with E-state index >= 15 is 0 Å². The van der Waals surface area contributed by atoms with Gasteiger partial charge >= 0.3 is 12.1 Å². The third-order valence-electron chi connectivity index (χ3n) is 5.77. The number of carbonyl (C=O) groups excluding carboxylic acids is 3. The van der Waals surface area contributed by atoms with Gasteiger partial charge in [0.2, 0.25) is 0 Å². The van der Waals surface area contributed by atoms with Crippen LogP contribution in [0.1, 0.15) is 26.3 Å². The van der Waals surface area contributed by atoms with Crippen molar-refractivity contribution in [3.8, 4) is 5.75 Å². The van der Waals surface area contributed by atoms with Gasteiger partial charge in [-0.25, -0.2) is 31.1 Å². The second-order valence-corrected chi connectivity index (χ2v) is 13.4. The van der Waals surface area contributed by atoms with Gasteiger partial charge in [0.1, 0.15) is 17.4 Å². The molecule has 0 aromatic heterocycles. The van der Waals surface area contributed by atoms with Crippen molar-refractivity contribution in [2.45, 2.75) is 49.8 Å². The summed E-state index contributed by atoms with van der Waals surface area (Å²) < 4.78 is 66.8. The van der Waals surface area contributed by atoms with Gasteiger partial charge in [0.15, 0.2) is 11.6 Å². The van der Waals surface area contributed by atoms with Crippen LogP contribution in [0.4, 0.5) is 13.6 Å². The van der Waals surface area contributed by atoms with Crippen molar-refractivity contribution in [1.29, 1.82) is 0 Å². The molecule has 2 amide bonds. The van der Waals surface area contributed by atoms with Gasteiger partial charge in [-0.05, 0) is 56.7 Å². The smallest absolute Gasteiger partial charge is 0.414 e. The van der Waals surface area contributed by atoms with Gasteiger partial charge in [0.25, 0.3) is 15.9 Å². The Hall–Kier alpha value is -3.23. The molecule has 1 saturated heterocycles. The summed E-state index contributed by atoms with van der Waals surface area (Å²) >= 11 is 1.43. The van der Waals surface area contributed by atoms with Crippen LogP contribution in [0.5, 0.6) is 5.75 Å². The molecule has 1 heterocycles. The van der Waals surface area contributed by atoms with Gasteiger partial charge < -0.3 is 19.7 Å². The molecular weight excluding hydrogens is 580 g/mol. The largest absolute Gasteiger partial charge is 0.458 e. The number of nitrogens with one attached hydrogen (secondary N) is 1. The number of hydrogen-bond acceptors (Lipinski definition) is 9. The Labute approximate surface area is 242 Å². The van der Waals surface area contributed by atoms with Crippen molar-refractivity contribution in [2.24, 2.45) is 0 Å². The van der Waals surface area contributed by atoms with Crippen molar-refractivity contribution < 1.29 is 41.1 Å². The lowest BCUT2D eigenvalue weighted by molar-refractivity contribution is -0.162. The molecule has 3 rings (SSSR count). The summed E-state index contributed by atoms with van der Waals surface area (Å²) in [5.41, 5.74) is -0.631. The van der Waals surface area contributed by atoms with Crippen molar-refractivity contribution >= 4 is 39.8 Å². The molecule has 14 heteroatoms. The molecule has 1 fully saturated rings. The van der Waals surface area contributed by atoms with E-state index in [1.165, 1.54) is 55.0 Å². The zero-order valence-corrected chi connectivity index (χ0v) is 25.0. The minimum Gasteiger partial charge on any atom is -0.458 e. The summed E-state index contributed by atoms with van der Waals surface area (Å²) in [6.45, 7) is 5.19. The number of amides is 2. The Morgan fingerprint density at radius 2 is 1.73 bits per heavy atom. The van der Waals surface area contributed by atoms with E-state index in [9.17, 15) is 31.6 Å². The Kier molecular flexibility index (Phi) is 10.4. The summed E-state index contributed by atoms with van der Waals surface area (Å²) in [6.07, 6.45) is -0.928. The molecule has 1 N–H and O–H groups in total. The van der Waals surface area contributed by atoms with Crippen molar-refractivity contribution in [2.75, 3.05) is 32.1 Å². The molecule has 1 unspecified atom stereocenters. The van der Waals surface area contributed by atoms with E-state index in [0.717, 1.165) is 6.07 Å². The number of ether oxygens (including phenoxy) is 2. The molecule has 0 aliphatic carbocycles. The fourth-order valence-corrected chi connectivity index (χ4v) is 6.31. The van der Waals surface area contributed by atoms with Crippen LogP contribution in [0.3, 0.4) is 0 Å². The maximum Gasteiger partial charge on any atom is 0.414 e. The third-order valence-corrected chi connectivity index (χ3v) is 8.63. The first-order chi connectivity index (χ1) is 19.1. The number of thioether (sulfide) groups is 1. The third kappa shape index (κ3) is 8.39. The van der Waals surface area contributed by atoms with Crippen LogP contribution in [0.15, 0.2) is 47.4 Å². The molecular formula is C27H33F2N3O7S2. The fourth-order valence-electron chi connectivity index (χ4n) is 3.81. The van der Waals surface area contributed by atoms with Crippen LogP contribution in [0.25, 0.3) is 0 Å². The number of hydrogen-bond donors (Lipinski definition) is 1. The lowest BCUT2D eigenvalue weighted by atomic mass is 10.0. The number of benzene rings is 2. The number of sulfonamides is 1. The maximum atomic E-state index is 14.1. The van der Waals surface area contributed by atoms with E-state index in [0.29, 0.717) is 34.3 Å². The molecule has 2 atom stereocenters. The first-order valence-corrected chi connectivity index (χ1v) is 15.2. The van der Waals surface area contributed by atoms with E-state index in [-0.39, 0.29) is 17.9 Å². The molecule has 1 aliphatic rings. The quantitative estimate of drug-likeness (QED) is 0.448. The van der Waals surface area contributed by atoms with Crippen LogP contribution in [0.2, 0.25) is 0 Å². The molecule has 0 saturated carbocycles. The molecule has 0 spiro atoms. The second-order valence-electron chi connectivity index (χ2n) is 10.5. The van der Waals surface area contributed by atoms with Gasteiger partial charge in [0, 0.05) is 38.6 Å². The number of halogens is 2. The first kappa shape index (κ1) is 32.3. The monoisotopic (exact) mass is 613 g/mol. The van der Waals surface area contributed by atoms with E-state index in [2.05, 4.69) is 5.32 Å². The van der Waals surface area contributed by atoms with Crippen LogP contribution < -0.4 is 10.1 Å². The molecule has 10 nitrogen and oxygen atoms in total. The molecule has 2 aromatic carbocycles. The van der Waals surface area contributed by atoms with Crippen LogP contribution >= 0.6 is 11.8 Å². The lowest BCUT2D eigenvalue weighted by Crippen LogP contribution is -2.58. The highest BCUT2D eigenvalue weighted by molar-refractivity contribution is 7.99. The average Bonchev–Trinajstić information content (AvgIpc) is 2.90. The predicted octanol–water partition coefficient (Wildman–Crippen LogP) is 3.20. The van der Waals surface area contributed by atoms with Crippen molar-refractivity contribution in [3.63, 3.8) is 0 Å². The topological polar surface area (TPSA) is 122 Å². The minimum absolute atomic E-state index is 0.201. The van der Waals surface area contributed by atoms with Gasteiger partial charge in [-0.2, -0.15) is 11.8 Å². The summed E-state index contributed by atoms with van der Waals surface area (Å²) in [4.78, 5) is 39.8. The highest BCUT2D eigenvalue weighted by Crippen LogP contribution is 2.27. The summed E-state index contributed by atoms with van der Waals surface area (Å²) in [5, 5.41) is 2.97. The zero-order valence-electron chi connectivity index (χ0n) is 23.3. The lowest BCUT2D eigenvalue weighted by Gasteiger charge is -2.35. The molecule has 0 radical (unpaired) electrons. The molecule has 0 bridgehead atoms. The standard InChI is InChI=1S/C27H33F2N3O7S2/c1-27(2,3)39-25(34)23(14-17-6-8-18(9-7-17)38-26(35)31(4)5)32(24(33)22-16-40-13-12-30-22)41(36,37)19-10-11-20(28)21(29)15-19/h6-11,15,22-23,30H,12-14,16H2,1-5H3/t22?,23-/m0/s1. The fraction of sp³-hybridized carbons (Fsp3) is 0.444. The first-order valence-electron chi connectivity index (χ1n) is 12.7. The van der Waals surface area contributed by atoms with Gasteiger partial charge in [0.05, 0.1) is 10.9 Å². The van der Waals surface area contributed by atoms with E-state index in [4.69, 9.17) is 9.47 Å². The molecule has 224 valence electrons. The van der Waals surface area contributed by atoms with Crippen molar-refractivity contribution in [1.82, 2.24) is 14.5 Å². The highest BCUT2D eigenvalue weighted by atomic mass is 32.2. The van der Waals surface area contributed by atoms with Crippen LogP contribution in [-0.4, -0.2) is 85.4 Å². The number of rotatable bonds is 8. The minimum atomic E-state index is -4.89. The van der Waals surface area contributed by atoms with Gasteiger partial charge in [-0.1, -0.05) is 12.1 Å². The summed E-state index contributed by atoms with van der Waals surface area (Å²) in [7, 11) is -1.86. The molecule has 2 aromatic rings. The maximum absolute atomic E-state index is 14.1. The number of carbonyl (C=O) groups is 3. The Morgan fingerprint density at radius 1 is 1.07 bits per heavy atom. The summed E-state index contributed by atoms with van der Waals surface area (Å²) in [6, 6.07) is 5.20. The Morgan fingerprint density at radius 3 is 2.27 bits per heavy atom. The predicted molar refractivity (Wildman–Crippen MR) is 149 cm³/mol. The second kappa shape index (κ2) is 13.2. The van der Waals surface area contributed by atoms with Gasteiger partial charge in [-0.15, -0.1) is 0 Å². The zero-order chi connectivity index (χ0) is 30.5. The van der Waals surface area contributed by atoms with Crippen LogP contribution in [0, 0.1) is 11.6 Å². The van der Waals surface area contributed by atoms with E-state index < -0.39 is 62.2 Å². The van der Waals surface area contributed by atoms with Crippen molar-refractivity contribution in [3.05, 3.63) is 59.7 Å². The van der Waals surface area contributed by atoms with E-state index in [1.54, 1.807) is 20.8 Å².